The summed E-state index contributed by atoms with van der Waals surface area (Å²) in [5, 5.41) is 8.83. The lowest BCUT2D eigenvalue weighted by atomic mass is 10.1. The van der Waals surface area contributed by atoms with Gasteiger partial charge in [0.2, 0.25) is 15.9 Å². The van der Waals surface area contributed by atoms with Gasteiger partial charge in [-0.05, 0) is 43.5 Å². The first-order chi connectivity index (χ1) is 12.5. The lowest BCUT2D eigenvalue weighted by Crippen LogP contribution is -2.51. The molecule has 7 nitrogen and oxygen atoms in total. The van der Waals surface area contributed by atoms with Crippen molar-refractivity contribution in [2.45, 2.75) is 24.2 Å². The number of piperazine rings is 1. The van der Waals surface area contributed by atoms with Gasteiger partial charge in [0.15, 0.2) is 0 Å². The second-order valence-electron chi connectivity index (χ2n) is 6.76. The molecule has 3 rings (SSSR count). The fraction of sp³-hybridized carbons (Fsp3) is 0.556. The number of nitriles is 1. The second-order valence-corrected chi connectivity index (χ2v) is 8.70. The number of nitrogens with zero attached hydrogens (tertiary/aromatic N) is 4. The van der Waals surface area contributed by atoms with Crippen LogP contribution >= 0.6 is 0 Å². The van der Waals surface area contributed by atoms with Crippen LogP contribution in [-0.4, -0.2) is 74.2 Å². The molecule has 140 valence electrons. The maximum atomic E-state index is 12.7. The van der Waals surface area contributed by atoms with E-state index in [1.807, 2.05) is 15.9 Å². The predicted octanol–water partition coefficient (Wildman–Crippen LogP) is 0.877. The Hall–Kier alpha value is -1.95. The molecule has 1 aromatic rings. The SMILES string of the molecule is N#Cc1ccc(S(=O)(=O)N2CCN(CC(=O)N3CCCCC3)CC2)cc1. The molecule has 0 bridgehead atoms. The highest BCUT2D eigenvalue weighted by Crippen LogP contribution is 2.18. The number of benzene rings is 1. The Balaban J connectivity index is 1.55. The Bertz CT molecular complexity index is 772. The third-order valence-corrected chi connectivity index (χ3v) is 6.93. The summed E-state index contributed by atoms with van der Waals surface area (Å²) in [5.41, 5.74) is 0.435. The van der Waals surface area contributed by atoms with Gasteiger partial charge in [-0.2, -0.15) is 9.57 Å². The van der Waals surface area contributed by atoms with E-state index in [1.54, 1.807) is 0 Å². The zero-order valence-corrected chi connectivity index (χ0v) is 15.6. The van der Waals surface area contributed by atoms with E-state index in [0.29, 0.717) is 38.3 Å². The van der Waals surface area contributed by atoms with Gasteiger partial charge in [0.05, 0.1) is 23.1 Å². The molecule has 2 aliphatic heterocycles. The number of hydrogen-bond donors (Lipinski definition) is 0. The molecule has 0 atom stereocenters. The van der Waals surface area contributed by atoms with Crippen LogP contribution in [0.5, 0.6) is 0 Å². The summed E-state index contributed by atoms with van der Waals surface area (Å²) >= 11 is 0. The van der Waals surface area contributed by atoms with Gasteiger partial charge in [-0.25, -0.2) is 8.42 Å². The van der Waals surface area contributed by atoms with Crippen LogP contribution in [0.25, 0.3) is 0 Å². The number of piperidine rings is 1. The lowest BCUT2D eigenvalue weighted by molar-refractivity contribution is -0.133. The summed E-state index contributed by atoms with van der Waals surface area (Å²) in [5.74, 6) is 0.146. The van der Waals surface area contributed by atoms with E-state index >= 15 is 0 Å². The van der Waals surface area contributed by atoms with E-state index in [9.17, 15) is 13.2 Å². The zero-order valence-electron chi connectivity index (χ0n) is 14.8. The summed E-state index contributed by atoms with van der Waals surface area (Å²) < 4.78 is 26.9. The van der Waals surface area contributed by atoms with E-state index in [2.05, 4.69) is 0 Å². The van der Waals surface area contributed by atoms with Gasteiger partial charge >= 0.3 is 0 Å². The first-order valence-electron chi connectivity index (χ1n) is 9.01. The van der Waals surface area contributed by atoms with Crippen molar-refractivity contribution in [3.63, 3.8) is 0 Å². The fourth-order valence-corrected chi connectivity index (χ4v) is 4.84. The second kappa shape index (κ2) is 8.16. The highest BCUT2D eigenvalue weighted by atomic mass is 32.2. The van der Waals surface area contributed by atoms with Crippen LogP contribution in [0, 0.1) is 11.3 Å². The lowest BCUT2D eigenvalue weighted by Gasteiger charge is -2.35. The van der Waals surface area contributed by atoms with Gasteiger partial charge in [-0.15, -0.1) is 0 Å². The van der Waals surface area contributed by atoms with Crippen LogP contribution in [0.1, 0.15) is 24.8 Å². The molecule has 8 heteroatoms. The Morgan fingerprint density at radius 3 is 2.15 bits per heavy atom. The Morgan fingerprint density at radius 1 is 0.962 bits per heavy atom. The largest absolute Gasteiger partial charge is 0.342 e. The van der Waals surface area contributed by atoms with E-state index in [0.717, 1.165) is 25.9 Å². The molecule has 1 amide bonds. The van der Waals surface area contributed by atoms with Crippen molar-refractivity contribution in [2.24, 2.45) is 0 Å². The molecule has 0 radical (unpaired) electrons. The van der Waals surface area contributed by atoms with Gasteiger partial charge < -0.3 is 4.90 Å². The standard InChI is InChI=1S/C18H24N4O3S/c19-14-16-4-6-17(7-5-16)26(24,25)22-12-10-20(11-13-22)15-18(23)21-8-2-1-3-9-21/h4-7H,1-3,8-13,15H2. The van der Waals surface area contributed by atoms with Crippen LogP contribution < -0.4 is 0 Å². The maximum absolute atomic E-state index is 12.7. The van der Waals surface area contributed by atoms with Crippen molar-refractivity contribution < 1.29 is 13.2 Å². The molecule has 0 unspecified atom stereocenters. The summed E-state index contributed by atoms with van der Waals surface area (Å²) in [4.78, 5) is 16.5. The molecule has 0 aromatic heterocycles. The number of sulfonamides is 1. The van der Waals surface area contributed by atoms with Crippen molar-refractivity contribution in [3.05, 3.63) is 29.8 Å². The average molecular weight is 376 g/mol. The van der Waals surface area contributed by atoms with Gasteiger partial charge in [-0.1, -0.05) is 0 Å². The van der Waals surface area contributed by atoms with Crippen molar-refractivity contribution >= 4 is 15.9 Å². The number of rotatable bonds is 4. The first kappa shape index (κ1) is 18.8. The smallest absolute Gasteiger partial charge is 0.243 e. The summed E-state index contributed by atoms with van der Waals surface area (Å²) in [6.07, 6.45) is 3.33. The van der Waals surface area contributed by atoms with Crippen LogP contribution in [0.4, 0.5) is 0 Å². The molecule has 0 aliphatic carbocycles. The monoisotopic (exact) mass is 376 g/mol. The minimum Gasteiger partial charge on any atom is -0.342 e. The van der Waals surface area contributed by atoms with Crippen LogP contribution in [-0.2, 0) is 14.8 Å². The maximum Gasteiger partial charge on any atom is 0.243 e. The first-order valence-corrected chi connectivity index (χ1v) is 10.4. The number of carbonyl (C=O) groups excluding carboxylic acids is 1. The van der Waals surface area contributed by atoms with Crippen molar-refractivity contribution in [2.75, 3.05) is 45.8 Å². The zero-order chi connectivity index (χ0) is 18.6. The highest BCUT2D eigenvalue weighted by Gasteiger charge is 2.29. The van der Waals surface area contributed by atoms with Crippen molar-refractivity contribution in [1.82, 2.24) is 14.1 Å². The summed E-state index contributed by atoms with van der Waals surface area (Å²) in [7, 11) is -3.56. The Labute approximate surface area is 154 Å². The summed E-state index contributed by atoms with van der Waals surface area (Å²) in [6, 6.07) is 7.96. The number of amides is 1. The van der Waals surface area contributed by atoms with Gasteiger partial charge in [0.1, 0.15) is 0 Å². The number of likely N-dealkylation sites (tertiary alicyclic amines) is 1. The fourth-order valence-electron chi connectivity index (χ4n) is 3.41. The third-order valence-electron chi connectivity index (χ3n) is 5.02. The molecule has 26 heavy (non-hydrogen) atoms. The van der Waals surface area contributed by atoms with Crippen molar-refractivity contribution in [3.8, 4) is 6.07 Å². The Morgan fingerprint density at radius 2 is 1.58 bits per heavy atom. The molecule has 2 aliphatic rings. The minimum absolute atomic E-state index is 0.146. The molecule has 0 saturated carbocycles. The highest BCUT2D eigenvalue weighted by molar-refractivity contribution is 7.89. The molecule has 1 aromatic carbocycles. The molecule has 2 fully saturated rings. The van der Waals surface area contributed by atoms with E-state index in [4.69, 9.17) is 5.26 Å². The molecule has 2 saturated heterocycles. The van der Waals surface area contributed by atoms with E-state index in [1.165, 1.54) is 35.0 Å². The number of hydrogen-bond acceptors (Lipinski definition) is 5. The minimum atomic E-state index is -3.56. The van der Waals surface area contributed by atoms with Crippen molar-refractivity contribution in [1.29, 1.82) is 5.26 Å². The van der Waals surface area contributed by atoms with E-state index in [-0.39, 0.29) is 10.8 Å². The van der Waals surface area contributed by atoms with Gasteiger partial charge in [0, 0.05) is 39.3 Å². The normalized spacial score (nSPS) is 19.9. The quantitative estimate of drug-likeness (QED) is 0.779. The van der Waals surface area contributed by atoms with Gasteiger partial charge in [-0.3, -0.25) is 9.69 Å². The molecule has 0 N–H and O–H groups in total. The van der Waals surface area contributed by atoms with Crippen LogP contribution in [0.3, 0.4) is 0 Å². The van der Waals surface area contributed by atoms with Crippen LogP contribution in [0.2, 0.25) is 0 Å². The topological polar surface area (TPSA) is 84.7 Å². The summed E-state index contributed by atoms with van der Waals surface area (Å²) in [6.45, 7) is 3.89. The molecule has 0 spiro atoms. The Kier molecular flexibility index (Phi) is 5.91. The predicted molar refractivity (Wildman–Crippen MR) is 96.8 cm³/mol. The number of carbonyl (C=O) groups is 1. The van der Waals surface area contributed by atoms with Crippen LogP contribution in [0.15, 0.2) is 29.2 Å². The molecular weight excluding hydrogens is 352 g/mol. The van der Waals surface area contributed by atoms with Gasteiger partial charge in [0.25, 0.3) is 0 Å². The average Bonchev–Trinajstić information content (AvgIpc) is 2.69. The third kappa shape index (κ3) is 4.23. The van der Waals surface area contributed by atoms with E-state index < -0.39 is 10.0 Å². The molecule has 2 heterocycles. The molecular formula is C18H24N4O3S.